The number of ether oxygens (including phenoxy) is 3. The summed E-state index contributed by atoms with van der Waals surface area (Å²) < 4.78 is 16.8. The maximum atomic E-state index is 12.8. The first-order chi connectivity index (χ1) is 30.5. The lowest BCUT2D eigenvalue weighted by Gasteiger charge is -2.18. The number of rotatable bonds is 47. The second kappa shape index (κ2) is 50.8. The third-order valence-electron chi connectivity index (χ3n) is 11.2. The average Bonchev–Trinajstić information content (AvgIpc) is 3.27. The fourth-order valence-corrected chi connectivity index (χ4v) is 7.26. The van der Waals surface area contributed by atoms with Crippen LogP contribution in [-0.4, -0.2) is 37.2 Å². The van der Waals surface area contributed by atoms with Gasteiger partial charge in [-0.15, -0.1) is 0 Å². The van der Waals surface area contributed by atoms with Crippen molar-refractivity contribution in [3.8, 4) is 0 Å². The molecule has 0 amide bonds. The van der Waals surface area contributed by atoms with Crippen LogP contribution in [-0.2, 0) is 28.6 Å². The summed E-state index contributed by atoms with van der Waals surface area (Å²) in [6, 6.07) is 0. The van der Waals surface area contributed by atoms with Gasteiger partial charge >= 0.3 is 17.9 Å². The van der Waals surface area contributed by atoms with Gasteiger partial charge in [0, 0.05) is 19.3 Å². The van der Waals surface area contributed by atoms with Crippen LogP contribution < -0.4 is 0 Å². The van der Waals surface area contributed by atoms with Gasteiger partial charge in [-0.25, -0.2) is 0 Å². The van der Waals surface area contributed by atoms with E-state index in [1.165, 1.54) is 122 Å². The largest absolute Gasteiger partial charge is 0.462 e. The summed E-state index contributed by atoms with van der Waals surface area (Å²) in [4.78, 5) is 38.0. The monoisotopic (exact) mass is 867 g/mol. The van der Waals surface area contributed by atoms with Crippen molar-refractivity contribution >= 4 is 17.9 Å². The number of unbranched alkanes of at least 4 members (excludes halogenated alkanes) is 26. The zero-order chi connectivity index (χ0) is 45.1. The maximum absolute atomic E-state index is 12.8. The molecule has 6 heteroatoms. The molecule has 0 saturated carbocycles. The second-order valence-electron chi connectivity index (χ2n) is 17.4. The second-order valence-corrected chi connectivity index (χ2v) is 17.4. The van der Waals surface area contributed by atoms with Gasteiger partial charge in [0.2, 0.25) is 0 Å². The molecule has 0 aliphatic heterocycles. The van der Waals surface area contributed by atoms with E-state index in [1.54, 1.807) is 0 Å². The van der Waals surface area contributed by atoms with E-state index < -0.39 is 6.10 Å². The first kappa shape index (κ1) is 59.1. The maximum Gasteiger partial charge on any atom is 0.306 e. The van der Waals surface area contributed by atoms with Crippen molar-refractivity contribution in [2.24, 2.45) is 0 Å². The summed E-state index contributed by atoms with van der Waals surface area (Å²) in [5.74, 6) is -0.907. The van der Waals surface area contributed by atoms with Gasteiger partial charge in [-0.1, -0.05) is 204 Å². The van der Waals surface area contributed by atoms with Gasteiger partial charge in [-0.2, -0.15) is 0 Å². The van der Waals surface area contributed by atoms with Crippen LogP contribution in [0.15, 0.2) is 60.8 Å². The predicted octanol–water partition coefficient (Wildman–Crippen LogP) is 17.3. The van der Waals surface area contributed by atoms with Crippen LogP contribution in [0, 0.1) is 0 Å². The molecule has 0 heterocycles. The van der Waals surface area contributed by atoms with Crippen LogP contribution in [0.3, 0.4) is 0 Å². The standard InChI is InChI=1S/C56H98O6/c1-4-7-10-13-16-19-22-24-26-28-30-31-34-37-40-43-46-49-55(58)61-52-53(51-60-54(57)48-45-42-39-36-33-21-18-15-12-9-6-3)62-56(59)50-47-44-41-38-35-32-29-27-25-23-20-17-14-11-8-5-2/h8,11,15,17-18,20,24-27,53H,4-7,9-10,12-14,16,19,21-23,28-52H2,1-3H3/b11-8-,18-15-,20-17-,26-24-,27-25-. The third kappa shape index (κ3) is 48.1. The molecule has 1 atom stereocenters. The van der Waals surface area contributed by atoms with Gasteiger partial charge in [0.15, 0.2) is 6.10 Å². The van der Waals surface area contributed by atoms with E-state index in [2.05, 4.69) is 81.5 Å². The summed E-state index contributed by atoms with van der Waals surface area (Å²) in [7, 11) is 0. The predicted molar refractivity (Wildman–Crippen MR) is 265 cm³/mol. The van der Waals surface area contributed by atoms with Crippen molar-refractivity contribution in [3.05, 3.63) is 60.8 Å². The van der Waals surface area contributed by atoms with Crippen molar-refractivity contribution in [2.45, 2.75) is 264 Å². The molecule has 0 bridgehead atoms. The van der Waals surface area contributed by atoms with E-state index in [-0.39, 0.29) is 31.1 Å². The zero-order valence-electron chi connectivity index (χ0n) is 40.9. The minimum Gasteiger partial charge on any atom is -0.462 e. The highest BCUT2D eigenvalue weighted by Gasteiger charge is 2.19. The molecule has 0 aromatic carbocycles. The van der Waals surface area contributed by atoms with Crippen molar-refractivity contribution in [3.63, 3.8) is 0 Å². The quantitative estimate of drug-likeness (QED) is 0.0262. The zero-order valence-corrected chi connectivity index (χ0v) is 40.9. The Labute approximate surface area is 383 Å². The molecule has 0 aromatic rings. The Morgan fingerprint density at radius 1 is 0.339 bits per heavy atom. The number of carbonyl (C=O) groups is 3. The summed E-state index contributed by atoms with van der Waals surface area (Å²) >= 11 is 0. The van der Waals surface area contributed by atoms with E-state index in [0.717, 1.165) is 96.3 Å². The summed E-state index contributed by atoms with van der Waals surface area (Å²) in [5, 5.41) is 0. The number of allylic oxidation sites excluding steroid dienone is 10. The lowest BCUT2D eigenvalue weighted by atomic mass is 10.1. The van der Waals surface area contributed by atoms with Crippen LogP contribution in [0.1, 0.15) is 258 Å². The van der Waals surface area contributed by atoms with E-state index in [9.17, 15) is 14.4 Å². The molecular formula is C56H98O6. The normalized spacial score (nSPS) is 12.5. The van der Waals surface area contributed by atoms with Gasteiger partial charge in [0.1, 0.15) is 13.2 Å². The number of hydrogen-bond acceptors (Lipinski definition) is 6. The minimum atomic E-state index is -0.785. The van der Waals surface area contributed by atoms with Crippen LogP contribution in [0.5, 0.6) is 0 Å². The summed E-state index contributed by atoms with van der Waals surface area (Å²) in [6.45, 7) is 6.47. The molecule has 6 nitrogen and oxygen atoms in total. The van der Waals surface area contributed by atoms with E-state index in [4.69, 9.17) is 14.2 Å². The molecule has 0 spiro atoms. The van der Waals surface area contributed by atoms with Crippen LogP contribution in [0.2, 0.25) is 0 Å². The lowest BCUT2D eigenvalue weighted by Crippen LogP contribution is -2.30. The highest BCUT2D eigenvalue weighted by Crippen LogP contribution is 2.14. The Balaban J connectivity index is 4.38. The molecule has 0 N–H and O–H groups in total. The molecule has 0 saturated heterocycles. The van der Waals surface area contributed by atoms with Crippen molar-refractivity contribution in [1.82, 2.24) is 0 Å². The van der Waals surface area contributed by atoms with Crippen molar-refractivity contribution < 1.29 is 28.6 Å². The SMILES string of the molecule is CC/C=C\C/C=C\C/C=C\CCCCCCCCC(=O)OC(COC(=O)CCCCCCC/C=C\CCCC)COC(=O)CCCCCCCCC/C=C\CCCCCCCC. The molecule has 0 aliphatic rings. The molecule has 0 radical (unpaired) electrons. The van der Waals surface area contributed by atoms with Gasteiger partial charge in [-0.05, 0) is 96.3 Å². The molecule has 62 heavy (non-hydrogen) atoms. The van der Waals surface area contributed by atoms with Gasteiger partial charge < -0.3 is 14.2 Å². The Morgan fingerprint density at radius 3 is 1.05 bits per heavy atom. The average molecular weight is 867 g/mol. The van der Waals surface area contributed by atoms with Crippen molar-refractivity contribution in [2.75, 3.05) is 13.2 Å². The smallest absolute Gasteiger partial charge is 0.306 e. The summed E-state index contributed by atoms with van der Waals surface area (Å²) in [6.07, 6.45) is 62.0. The fourth-order valence-electron chi connectivity index (χ4n) is 7.26. The number of hydrogen-bond donors (Lipinski definition) is 0. The van der Waals surface area contributed by atoms with Gasteiger partial charge in [0.25, 0.3) is 0 Å². The first-order valence-electron chi connectivity index (χ1n) is 26.3. The highest BCUT2D eigenvalue weighted by molar-refractivity contribution is 5.71. The molecule has 1 unspecified atom stereocenters. The van der Waals surface area contributed by atoms with Gasteiger partial charge in [-0.3, -0.25) is 14.4 Å². The third-order valence-corrected chi connectivity index (χ3v) is 11.2. The topological polar surface area (TPSA) is 78.9 Å². The van der Waals surface area contributed by atoms with Crippen molar-refractivity contribution in [1.29, 1.82) is 0 Å². The Kier molecular flexibility index (Phi) is 48.4. The van der Waals surface area contributed by atoms with Crippen LogP contribution in [0.4, 0.5) is 0 Å². The minimum absolute atomic E-state index is 0.0841. The number of esters is 3. The van der Waals surface area contributed by atoms with Crippen LogP contribution >= 0.6 is 0 Å². The Bertz CT molecular complexity index is 1130. The lowest BCUT2D eigenvalue weighted by molar-refractivity contribution is -0.167. The van der Waals surface area contributed by atoms with Gasteiger partial charge in [0.05, 0.1) is 0 Å². The molecule has 0 aliphatic carbocycles. The molecule has 0 rings (SSSR count). The Morgan fingerprint density at radius 2 is 0.645 bits per heavy atom. The highest BCUT2D eigenvalue weighted by atomic mass is 16.6. The molecule has 358 valence electrons. The van der Waals surface area contributed by atoms with E-state index in [0.29, 0.717) is 19.3 Å². The van der Waals surface area contributed by atoms with E-state index in [1.807, 2.05) is 0 Å². The number of carbonyl (C=O) groups excluding carboxylic acids is 3. The fraction of sp³-hybridized carbons (Fsp3) is 0.768. The Hall–Kier alpha value is -2.89. The molecule has 0 aromatic heterocycles. The summed E-state index contributed by atoms with van der Waals surface area (Å²) in [5.41, 5.74) is 0. The molecular weight excluding hydrogens is 769 g/mol. The van der Waals surface area contributed by atoms with E-state index >= 15 is 0 Å². The molecule has 0 fully saturated rings. The first-order valence-corrected chi connectivity index (χ1v) is 26.3. The van der Waals surface area contributed by atoms with Crippen LogP contribution in [0.25, 0.3) is 0 Å².